The molecule has 0 saturated carbocycles. The quantitative estimate of drug-likeness (QED) is 0.274. The molecule has 1 aliphatic carbocycles. The number of rotatable bonds is 3. The van der Waals surface area contributed by atoms with Gasteiger partial charge in [0.25, 0.3) is 11.4 Å². The lowest BCUT2D eigenvalue weighted by atomic mass is 9.93. The van der Waals surface area contributed by atoms with Crippen molar-refractivity contribution < 1.29 is 9.85 Å². The summed E-state index contributed by atoms with van der Waals surface area (Å²) in [6.45, 7) is 12.0. The number of non-ortho nitro benzene ring substituents is 2. The van der Waals surface area contributed by atoms with E-state index >= 15 is 0 Å². The van der Waals surface area contributed by atoms with Crippen LogP contribution in [0.2, 0.25) is 0 Å². The van der Waals surface area contributed by atoms with Gasteiger partial charge in [-0.3, -0.25) is 20.2 Å². The first-order valence-electron chi connectivity index (χ1n) is 10.3. The average Bonchev–Trinajstić information content (AvgIpc) is 3.06. The number of nitro groups is 2. The van der Waals surface area contributed by atoms with Crippen LogP contribution in [0.4, 0.5) is 17.1 Å². The molecule has 0 saturated heterocycles. The second kappa shape index (κ2) is 7.37. The van der Waals surface area contributed by atoms with E-state index in [2.05, 4.69) is 20.8 Å². The van der Waals surface area contributed by atoms with Gasteiger partial charge < -0.3 is 0 Å². The van der Waals surface area contributed by atoms with Crippen molar-refractivity contribution in [2.75, 3.05) is 0 Å². The van der Waals surface area contributed by atoms with E-state index in [1.807, 2.05) is 20.8 Å². The van der Waals surface area contributed by atoms with Gasteiger partial charge in [-0.2, -0.15) is 0 Å². The molecule has 1 aliphatic rings. The summed E-state index contributed by atoms with van der Waals surface area (Å²) in [5.41, 5.74) is 10.4. The Morgan fingerprint density at radius 2 is 1.19 bits per heavy atom. The molecule has 32 heavy (non-hydrogen) atoms. The number of nitrogens with zero attached hydrogens (tertiary/aromatic N) is 3. The Morgan fingerprint density at radius 1 is 0.656 bits per heavy atom. The van der Waals surface area contributed by atoms with Gasteiger partial charge in [0.1, 0.15) is 0 Å². The van der Waals surface area contributed by atoms with Gasteiger partial charge in [-0.15, -0.1) is 0 Å². The Balaban J connectivity index is 2.11. The van der Waals surface area contributed by atoms with Crippen molar-refractivity contribution in [3.8, 4) is 11.1 Å². The molecule has 0 atom stereocenters. The first-order chi connectivity index (χ1) is 15.0. The SMILES string of the molecule is Cc1cc([N+](=O)[O-])cc2c1-c1ccc([N+](=O)[O-])cc1C2=Nc1c(C)c(C)c(C)c(C)c1C. The van der Waals surface area contributed by atoms with E-state index < -0.39 is 9.85 Å². The highest BCUT2D eigenvalue weighted by atomic mass is 16.6. The molecule has 0 fully saturated rings. The molecule has 0 aromatic heterocycles. The lowest BCUT2D eigenvalue weighted by Crippen LogP contribution is -2.03. The molecule has 0 bridgehead atoms. The number of aryl methyl sites for hydroxylation is 1. The van der Waals surface area contributed by atoms with Crippen LogP contribution >= 0.6 is 0 Å². The lowest BCUT2D eigenvalue weighted by molar-refractivity contribution is -0.385. The molecule has 162 valence electrons. The zero-order valence-electron chi connectivity index (χ0n) is 18.9. The molecule has 0 unspecified atom stereocenters. The van der Waals surface area contributed by atoms with Gasteiger partial charge in [0, 0.05) is 35.4 Å². The van der Waals surface area contributed by atoms with Gasteiger partial charge in [0.15, 0.2) is 0 Å². The van der Waals surface area contributed by atoms with Crippen molar-refractivity contribution in [2.45, 2.75) is 41.5 Å². The smallest absolute Gasteiger partial charge is 0.258 e. The van der Waals surface area contributed by atoms with Crippen molar-refractivity contribution in [3.63, 3.8) is 0 Å². The zero-order chi connectivity index (χ0) is 23.5. The number of benzene rings is 3. The van der Waals surface area contributed by atoms with Crippen LogP contribution in [0, 0.1) is 61.8 Å². The fourth-order valence-electron chi connectivity index (χ4n) is 4.50. The second-order valence-electron chi connectivity index (χ2n) is 8.36. The molecule has 3 aromatic rings. The molecule has 3 aromatic carbocycles. The summed E-state index contributed by atoms with van der Waals surface area (Å²) in [4.78, 5) is 27.2. The van der Waals surface area contributed by atoms with Crippen LogP contribution in [0.1, 0.15) is 44.5 Å². The summed E-state index contributed by atoms with van der Waals surface area (Å²) in [5, 5.41) is 23.0. The van der Waals surface area contributed by atoms with Crippen molar-refractivity contribution in [3.05, 3.63) is 95.1 Å². The van der Waals surface area contributed by atoms with E-state index in [4.69, 9.17) is 4.99 Å². The van der Waals surface area contributed by atoms with Gasteiger partial charge in [0.2, 0.25) is 0 Å². The predicted molar refractivity (Wildman–Crippen MR) is 125 cm³/mol. The van der Waals surface area contributed by atoms with Crippen LogP contribution in [-0.2, 0) is 0 Å². The van der Waals surface area contributed by atoms with Gasteiger partial charge in [0.05, 0.1) is 21.2 Å². The first kappa shape index (κ1) is 21.4. The summed E-state index contributed by atoms with van der Waals surface area (Å²) in [6.07, 6.45) is 0. The van der Waals surface area contributed by atoms with Crippen LogP contribution in [-0.4, -0.2) is 15.6 Å². The van der Waals surface area contributed by atoms with Crippen molar-refractivity contribution in [1.29, 1.82) is 0 Å². The zero-order valence-corrected chi connectivity index (χ0v) is 18.9. The van der Waals surface area contributed by atoms with Crippen molar-refractivity contribution >= 4 is 22.8 Å². The predicted octanol–water partition coefficient (Wildman–Crippen LogP) is 6.50. The second-order valence-corrected chi connectivity index (χ2v) is 8.36. The molecule has 0 amide bonds. The number of aliphatic imine (C=N–C) groups is 1. The molecule has 4 rings (SSSR count). The number of hydrogen-bond donors (Lipinski definition) is 0. The standard InChI is InChI=1S/C25H23N3O4/c1-12-9-19(28(31)32)11-22-23(12)20-8-7-18(27(29)30)10-21(20)25(22)26-24-16(5)14(3)13(2)15(4)17(24)6/h7-11H,1-6H3. The largest absolute Gasteiger partial charge is 0.270 e. The highest BCUT2D eigenvalue weighted by Crippen LogP contribution is 2.44. The molecule has 7 heteroatoms. The molecule has 0 spiro atoms. The van der Waals surface area contributed by atoms with Crippen molar-refractivity contribution in [1.82, 2.24) is 0 Å². The highest BCUT2D eigenvalue weighted by molar-refractivity contribution is 6.26. The Morgan fingerprint density at radius 3 is 1.75 bits per heavy atom. The Labute approximate surface area is 185 Å². The third-order valence-electron chi connectivity index (χ3n) is 6.71. The van der Waals surface area contributed by atoms with E-state index in [0.717, 1.165) is 44.6 Å². The Kier molecular flexibility index (Phi) is 4.92. The normalized spacial score (nSPS) is 13.2. The molecular formula is C25H23N3O4. The highest BCUT2D eigenvalue weighted by Gasteiger charge is 2.31. The summed E-state index contributed by atoms with van der Waals surface area (Å²) >= 11 is 0. The minimum Gasteiger partial charge on any atom is -0.258 e. The minimum absolute atomic E-state index is 0.0269. The van der Waals surface area contributed by atoms with Crippen LogP contribution in [0.15, 0.2) is 35.3 Å². The molecular weight excluding hydrogens is 406 g/mol. The maximum absolute atomic E-state index is 11.5. The van der Waals surface area contributed by atoms with Crippen LogP contribution in [0.5, 0.6) is 0 Å². The Hall–Kier alpha value is -3.87. The third-order valence-corrected chi connectivity index (χ3v) is 6.71. The van der Waals surface area contributed by atoms with Crippen LogP contribution in [0.25, 0.3) is 11.1 Å². The maximum Gasteiger partial charge on any atom is 0.270 e. The fourth-order valence-corrected chi connectivity index (χ4v) is 4.50. The summed E-state index contributed by atoms with van der Waals surface area (Å²) < 4.78 is 0. The van der Waals surface area contributed by atoms with Gasteiger partial charge in [-0.1, -0.05) is 0 Å². The lowest BCUT2D eigenvalue weighted by Gasteiger charge is -2.16. The number of nitro benzene ring substituents is 2. The van der Waals surface area contributed by atoms with Gasteiger partial charge >= 0.3 is 0 Å². The molecule has 0 radical (unpaired) electrons. The van der Waals surface area contributed by atoms with Gasteiger partial charge in [-0.05, 0) is 92.1 Å². The molecule has 0 N–H and O–H groups in total. The van der Waals surface area contributed by atoms with E-state index in [-0.39, 0.29) is 11.4 Å². The number of fused-ring (bicyclic) bond motifs is 3. The molecule has 7 nitrogen and oxygen atoms in total. The van der Waals surface area contributed by atoms with Crippen molar-refractivity contribution in [2.24, 2.45) is 4.99 Å². The summed E-state index contributed by atoms with van der Waals surface area (Å²) in [7, 11) is 0. The van der Waals surface area contributed by atoms with E-state index in [9.17, 15) is 20.2 Å². The monoisotopic (exact) mass is 429 g/mol. The first-order valence-corrected chi connectivity index (χ1v) is 10.3. The van der Waals surface area contributed by atoms with E-state index in [1.165, 1.54) is 29.8 Å². The fraction of sp³-hybridized carbons (Fsp3) is 0.240. The van der Waals surface area contributed by atoms with E-state index in [0.29, 0.717) is 16.8 Å². The van der Waals surface area contributed by atoms with E-state index in [1.54, 1.807) is 6.07 Å². The topological polar surface area (TPSA) is 98.6 Å². The summed E-state index contributed by atoms with van der Waals surface area (Å²) in [5.74, 6) is 0. The van der Waals surface area contributed by atoms with Gasteiger partial charge in [-0.25, -0.2) is 4.99 Å². The number of hydrogen-bond acceptors (Lipinski definition) is 5. The third kappa shape index (κ3) is 3.09. The van der Waals surface area contributed by atoms with Crippen LogP contribution < -0.4 is 0 Å². The molecule has 0 aliphatic heterocycles. The van der Waals surface area contributed by atoms with Crippen LogP contribution in [0.3, 0.4) is 0 Å². The summed E-state index contributed by atoms with van der Waals surface area (Å²) in [6, 6.07) is 7.73. The Bertz CT molecular complexity index is 1360. The average molecular weight is 429 g/mol. The molecule has 0 heterocycles. The maximum atomic E-state index is 11.5. The minimum atomic E-state index is -0.438.